The lowest BCUT2D eigenvalue weighted by Gasteiger charge is -2.19. The highest BCUT2D eigenvalue weighted by Gasteiger charge is 2.40. The molecule has 0 saturated heterocycles. The number of aromatic hydroxyl groups is 2. The summed E-state index contributed by atoms with van der Waals surface area (Å²) >= 11 is 0. The lowest BCUT2D eigenvalue weighted by Crippen LogP contribution is -2.45. The smallest absolute Gasteiger partial charge is 0.349 e. The SMILES string of the molecule is O=C(/C=C/c1ccc(O)cc1)OC(C(=O)O)C(OC(=O)/C=C/c1ccc(O)cc1)C(=O)O. The number of phenolic OH excluding ortho intramolecular Hbond substituents is 2. The van der Waals surface area contributed by atoms with Gasteiger partial charge in [-0.1, -0.05) is 24.3 Å². The highest BCUT2D eigenvalue weighted by atomic mass is 16.6. The fourth-order valence-electron chi connectivity index (χ4n) is 2.31. The number of carbonyl (C=O) groups excluding carboxylic acids is 2. The molecule has 2 unspecified atom stereocenters. The first-order valence-corrected chi connectivity index (χ1v) is 8.97. The molecule has 0 aromatic heterocycles. The fraction of sp³-hybridized carbons (Fsp3) is 0.0909. The van der Waals surface area contributed by atoms with E-state index in [1.165, 1.54) is 60.7 Å². The van der Waals surface area contributed by atoms with Crippen molar-refractivity contribution in [3.8, 4) is 11.5 Å². The summed E-state index contributed by atoms with van der Waals surface area (Å²) in [4.78, 5) is 46.8. The number of carbonyl (C=O) groups is 4. The molecule has 0 heterocycles. The molecule has 2 aromatic carbocycles. The zero-order valence-electron chi connectivity index (χ0n) is 16.3. The predicted octanol–water partition coefficient (Wildman–Crippen LogP) is 1.82. The highest BCUT2D eigenvalue weighted by Crippen LogP contribution is 2.13. The van der Waals surface area contributed by atoms with E-state index < -0.39 is 36.1 Å². The highest BCUT2D eigenvalue weighted by molar-refractivity contribution is 5.93. The first-order valence-electron chi connectivity index (χ1n) is 8.97. The molecule has 4 N–H and O–H groups in total. The third-order valence-electron chi connectivity index (χ3n) is 3.86. The minimum Gasteiger partial charge on any atom is -0.508 e. The summed E-state index contributed by atoms with van der Waals surface area (Å²) in [6.45, 7) is 0. The van der Waals surface area contributed by atoms with Gasteiger partial charge in [-0.05, 0) is 47.5 Å². The standard InChI is InChI=1S/C22H18O10/c23-15-7-1-13(2-8-15)5-11-17(25)31-19(21(27)28)20(22(29)30)32-18(26)12-6-14-3-9-16(24)10-4-14/h1-12,19-20,23-24H,(H,27,28)(H,29,30)/b11-5+,12-6+. The topological polar surface area (TPSA) is 168 Å². The predicted molar refractivity (Wildman–Crippen MR) is 109 cm³/mol. The van der Waals surface area contributed by atoms with E-state index in [1.807, 2.05) is 0 Å². The maximum Gasteiger partial charge on any atom is 0.349 e. The molecule has 2 rings (SSSR count). The number of phenols is 2. The Morgan fingerprint density at radius 3 is 1.22 bits per heavy atom. The van der Waals surface area contributed by atoms with E-state index in [4.69, 9.17) is 0 Å². The zero-order chi connectivity index (χ0) is 23.7. The van der Waals surface area contributed by atoms with Crippen LogP contribution in [0.15, 0.2) is 60.7 Å². The summed E-state index contributed by atoms with van der Waals surface area (Å²) in [5.74, 6) is -6.04. The van der Waals surface area contributed by atoms with Crippen molar-refractivity contribution < 1.29 is 49.1 Å². The third kappa shape index (κ3) is 7.34. The lowest BCUT2D eigenvalue weighted by atomic mass is 10.2. The Morgan fingerprint density at radius 2 is 0.938 bits per heavy atom. The second-order valence-electron chi connectivity index (χ2n) is 6.24. The van der Waals surface area contributed by atoms with Crippen LogP contribution in [0.1, 0.15) is 11.1 Å². The van der Waals surface area contributed by atoms with Gasteiger partial charge < -0.3 is 29.9 Å². The molecule has 0 amide bonds. The zero-order valence-corrected chi connectivity index (χ0v) is 16.3. The number of carboxylic acids is 2. The van der Waals surface area contributed by atoms with Crippen LogP contribution in [0.2, 0.25) is 0 Å². The molecule has 32 heavy (non-hydrogen) atoms. The minimum atomic E-state index is -2.31. The number of ether oxygens (including phenoxy) is 2. The quantitative estimate of drug-likeness (QED) is 0.332. The average molecular weight is 442 g/mol. The van der Waals surface area contributed by atoms with Crippen molar-refractivity contribution in [1.29, 1.82) is 0 Å². The van der Waals surface area contributed by atoms with Gasteiger partial charge in [-0.25, -0.2) is 19.2 Å². The minimum absolute atomic E-state index is 0.00115. The lowest BCUT2D eigenvalue weighted by molar-refractivity contribution is -0.183. The van der Waals surface area contributed by atoms with Crippen LogP contribution in [0.3, 0.4) is 0 Å². The third-order valence-corrected chi connectivity index (χ3v) is 3.86. The Morgan fingerprint density at radius 1 is 0.625 bits per heavy atom. The molecule has 0 fully saturated rings. The number of carboxylic acid groups (broad SMARTS) is 2. The first kappa shape index (κ1) is 23.7. The number of rotatable bonds is 9. The second-order valence-corrected chi connectivity index (χ2v) is 6.24. The van der Waals surface area contributed by atoms with Gasteiger partial charge in [-0.15, -0.1) is 0 Å². The van der Waals surface area contributed by atoms with Crippen molar-refractivity contribution in [2.75, 3.05) is 0 Å². The average Bonchev–Trinajstić information content (AvgIpc) is 2.75. The molecule has 0 saturated carbocycles. The second kappa shape index (κ2) is 11.0. The Hall–Kier alpha value is -4.60. The Kier molecular flexibility index (Phi) is 8.12. The van der Waals surface area contributed by atoms with Crippen molar-refractivity contribution in [1.82, 2.24) is 0 Å². The van der Waals surface area contributed by atoms with Gasteiger partial charge in [0.1, 0.15) is 11.5 Å². The van der Waals surface area contributed by atoms with Gasteiger partial charge in [0.25, 0.3) is 0 Å². The molecule has 0 bridgehead atoms. The van der Waals surface area contributed by atoms with E-state index in [0.717, 1.165) is 12.2 Å². The summed E-state index contributed by atoms with van der Waals surface area (Å²) in [5, 5.41) is 37.0. The summed E-state index contributed by atoms with van der Waals surface area (Å²) in [6, 6.07) is 11.3. The molecule has 0 radical (unpaired) electrons. The van der Waals surface area contributed by atoms with E-state index in [2.05, 4.69) is 9.47 Å². The van der Waals surface area contributed by atoms with E-state index in [1.54, 1.807) is 0 Å². The van der Waals surface area contributed by atoms with E-state index in [0.29, 0.717) is 11.1 Å². The van der Waals surface area contributed by atoms with Crippen LogP contribution in [0.4, 0.5) is 0 Å². The molecule has 10 nitrogen and oxygen atoms in total. The van der Waals surface area contributed by atoms with Crippen LogP contribution < -0.4 is 0 Å². The molecule has 2 atom stereocenters. The molecule has 166 valence electrons. The van der Waals surface area contributed by atoms with Gasteiger partial charge in [-0.2, -0.15) is 0 Å². The summed E-state index contributed by atoms with van der Waals surface area (Å²) in [5.41, 5.74) is 0.958. The Balaban J connectivity index is 2.07. The van der Waals surface area contributed by atoms with Gasteiger partial charge >= 0.3 is 23.9 Å². The van der Waals surface area contributed by atoms with E-state index in [9.17, 15) is 39.6 Å². The number of esters is 2. The Bertz CT molecular complexity index is 950. The van der Waals surface area contributed by atoms with E-state index >= 15 is 0 Å². The van der Waals surface area contributed by atoms with Crippen molar-refractivity contribution in [2.45, 2.75) is 12.2 Å². The maximum atomic E-state index is 12.0. The van der Waals surface area contributed by atoms with Gasteiger partial charge in [-0.3, -0.25) is 0 Å². The first-order chi connectivity index (χ1) is 15.2. The molecule has 0 spiro atoms. The van der Waals surface area contributed by atoms with Crippen LogP contribution in [0.5, 0.6) is 11.5 Å². The molecule has 0 aliphatic heterocycles. The summed E-state index contributed by atoms with van der Waals surface area (Å²) in [6.07, 6.45) is -0.404. The van der Waals surface area contributed by atoms with E-state index in [-0.39, 0.29) is 11.5 Å². The van der Waals surface area contributed by atoms with Crippen LogP contribution in [-0.2, 0) is 28.7 Å². The van der Waals surface area contributed by atoms with Gasteiger partial charge in [0.05, 0.1) is 0 Å². The van der Waals surface area contributed by atoms with Gasteiger partial charge in [0, 0.05) is 12.2 Å². The molecule has 0 aliphatic carbocycles. The summed E-state index contributed by atoms with van der Waals surface area (Å²) < 4.78 is 9.35. The van der Waals surface area contributed by atoms with Crippen LogP contribution in [0.25, 0.3) is 12.2 Å². The van der Waals surface area contributed by atoms with Crippen molar-refractivity contribution >= 4 is 36.0 Å². The monoisotopic (exact) mass is 442 g/mol. The van der Waals surface area contributed by atoms with Crippen molar-refractivity contribution in [3.63, 3.8) is 0 Å². The molecule has 2 aromatic rings. The van der Waals surface area contributed by atoms with Crippen LogP contribution >= 0.6 is 0 Å². The molecular formula is C22H18O10. The fourth-order valence-corrected chi connectivity index (χ4v) is 2.31. The number of benzene rings is 2. The van der Waals surface area contributed by atoms with Crippen LogP contribution in [0, 0.1) is 0 Å². The molecular weight excluding hydrogens is 424 g/mol. The maximum absolute atomic E-state index is 12.0. The van der Waals surface area contributed by atoms with Crippen molar-refractivity contribution in [2.24, 2.45) is 0 Å². The van der Waals surface area contributed by atoms with Crippen molar-refractivity contribution in [3.05, 3.63) is 71.8 Å². The number of hydrogen-bond donors (Lipinski definition) is 4. The normalized spacial score (nSPS) is 12.9. The molecule has 0 aliphatic rings. The van der Waals surface area contributed by atoms with Gasteiger partial charge in [0.2, 0.25) is 12.2 Å². The summed E-state index contributed by atoms with van der Waals surface area (Å²) in [7, 11) is 0. The molecule has 10 heteroatoms. The largest absolute Gasteiger partial charge is 0.508 e. The Labute approximate surface area is 181 Å². The number of hydrogen-bond acceptors (Lipinski definition) is 8. The van der Waals surface area contributed by atoms with Gasteiger partial charge in [0.15, 0.2) is 0 Å². The van der Waals surface area contributed by atoms with Crippen LogP contribution in [-0.4, -0.2) is 56.5 Å². The number of aliphatic carboxylic acids is 2.